The maximum atomic E-state index is 12.9. The molecule has 2 aromatic carbocycles. The van der Waals surface area contributed by atoms with E-state index in [4.69, 9.17) is 0 Å². The van der Waals surface area contributed by atoms with Gasteiger partial charge in [-0.1, -0.05) is 30.3 Å². The molecule has 2 aliphatic rings. The monoisotopic (exact) mass is 322 g/mol. The number of piperidine rings is 1. The van der Waals surface area contributed by atoms with Crippen molar-refractivity contribution >= 4 is 22.6 Å². The third kappa shape index (κ3) is 2.66. The number of nitrogens with one attached hydrogen (secondary N) is 1. The van der Waals surface area contributed by atoms with Gasteiger partial charge in [0, 0.05) is 31.6 Å². The molecule has 1 aliphatic heterocycles. The number of carbonyl (C=O) groups excluding carboxylic acids is 2. The summed E-state index contributed by atoms with van der Waals surface area (Å²) in [6, 6.07) is 14.2. The lowest BCUT2D eigenvalue weighted by Gasteiger charge is -2.25. The predicted octanol–water partition coefficient (Wildman–Crippen LogP) is 2.83. The van der Waals surface area contributed by atoms with E-state index in [0.29, 0.717) is 18.3 Å². The maximum Gasteiger partial charge on any atom is 0.253 e. The van der Waals surface area contributed by atoms with Gasteiger partial charge in [-0.25, -0.2) is 0 Å². The summed E-state index contributed by atoms with van der Waals surface area (Å²) in [5.74, 6) is 1.17. The van der Waals surface area contributed by atoms with Gasteiger partial charge in [0.25, 0.3) is 5.91 Å². The van der Waals surface area contributed by atoms with Crippen molar-refractivity contribution in [2.45, 2.75) is 25.3 Å². The highest BCUT2D eigenvalue weighted by Crippen LogP contribution is 2.38. The zero-order valence-corrected chi connectivity index (χ0v) is 13.9. The molecule has 0 aromatic heterocycles. The van der Waals surface area contributed by atoms with Crippen LogP contribution in [0.5, 0.6) is 0 Å². The molecule has 2 amide bonds. The number of nitrogens with zero attached hydrogens (tertiary/aromatic N) is 1. The minimum absolute atomic E-state index is 0.0729. The highest BCUT2D eigenvalue weighted by molar-refractivity contribution is 5.98. The molecule has 1 heterocycles. The van der Waals surface area contributed by atoms with Gasteiger partial charge >= 0.3 is 0 Å². The fraction of sp³-hybridized carbons (Fsp3) is 0.400. The smallest absolute Gasteiger partial charge is 0.253 e. The molecule has 124 valence electrons. The van der Waals surface area contributed by atoms with E-state index in [1.54, 1.807) is 0 Å². The van der Waals surface area contributed by atoms with E-state index in [1.807, 2.05) is 48.3 Å². The van der Waals surface area contributed by atoms with Gasteiger partial charge < -0.3 is 10.2 Å². The molecule has 1 saturated heterocycles. The summed E-state index contributed by atoms with van der Waals surface area (Å²) >= 11 is 0. The Morgan fingerprint density at radius 2 is 1.83 bits per heavy atom. The van der Waals surface area contributed by atoms with Gasteiger partial charge in [-0.3, -0.25) is 9.59 Å². The first-order valence-corrected chi connectivity index (χ1v) is 8.64. The molecule has 2 fully saturated rings. The number of amides is 2. The zero-order valence-electron chi connectivity index (χ0n) is 13.9. The molecule has 4 heteroatoms. The van der Waals surface area contributed by atoms with Gasteiger partial charge in [0.1, 0.15) is 0 Å². The third-order valence-electron chi connectivity index (χ3n) is 5.69. The van der Waals surface area contributed by atoms with Crippen molar-refractivity contribution in [3.05, 3.63) is 48.0 Å². The lowest BCUT2D eigenvalue weighted by Crippen LogP contribution is -2.38. The van der Waals surface area contributed by atoms with E-state index in [1.165, 1.54) is 0 Å². The van der Waals surface area contributed by atoms with Crippen molar-refractivity contribution in [1.82, 2.24) is 10.2 Å². The summed E-state index contributed by atoms with van der Waals surface area (Å²) < 4.78 is 0. The topological polar surface area (TPSA) is 49.4 Å². The molecule has 2 aromatic rings. The average Bonchev–Trinajstić information content (AvgIpc) is 3.03. The van der Waals surface area contributed by atoms with E-state index in [2.05, 4.69) is 11.4 Å². The third-order valence-corrected chi connectivity index (χ3v) is 5.69. The minimum atomic E-state index is 0.0729. The maximum absolute atomic E-state index is 12.9. The van der Waals surface area contributed by atoms with E-state index in [0.717, 1.165) is 35.7 Å². The fourth-order valence-corrected chi connectivity index (χ4v) is 4.24. The Bertz CT molecular complexity index is 801. The van der Waals surface area contributed by atoms with Gasteiger partial charge in [-0.2, -0.15) is 0 Å². The first-order chi connectivity index (χ1) is 11.6. The Morgan fingerprint density at radius 3 is 2.67 bits per heavy atom. The van der Waals surface area contributed by atoms with E-state index < -0.39 is 0 Å². The Hall–Kier alpha value is -2.36. The molecule has 1 aliphatic carbocycles. The van der Waals surface area contributed by atoms with Crippen molar-refractivity contribution in [3.8, 4) is 0 Å². The Kier molecular flexibility index (Phi) is 3.75. The SMILES string of the molecule is CN(C(=O)c1ccc2ccccc2c1)[C@H]1C[C@H]2CNC(=O)C[C@H]2C1. The summed E-state index contributed by atoms with van der Waals surface area (Å²) in [6.45, 7) is 0.762. The second-order valence-corrected chi connectivity index (χ2v) is 7.13. The minimum Gasteiger partial charge on any atom is -0.356 e. The molecule has 4 rings (SSSR count). The van der Waals surface area contributed by atoms with Crippen LogP contribution in [0.3, 0.4) is 0 Å². The van der Waals surface area contributed by atoms with Crippen LogP contribution in [0, 0.1) is 11.8 Å². The van der Waals surface area contributed by atoms with Gasteiger partial charge in [0.2, 0.25) is 5.91 Å². The first kappa shape index (κ1) is 15.2. The average molecular weight is 322 g/mol. The summed E-state index contributed by atoms with van der Waals surface area (Å²) in [7, 11) is 1.90. The van der Waals surface area contributed by atoms with Gasteiger partial charge in [-0.05, 0) is 47.6 Å². The Balaban J connectivity index is 1.52. The van der Waals surface area contributed by atoms with Crippen molar-refractivity contribution in [2.75, 3.05) is 13.6 Å². The van der Waals surface area contributed by atoms with Gasteiger partial charge in [0.05, 0.1) is 0 Å². The number of rotatable bonds is 2. The lowest BCUT2D eigenvalue weighted by molar-refractivity contribution is -0.124. The molecule has 1 N–H and O–H groups in total. The largest absolute Gasteiger partial charge is 0.356 e. The highest BCUT2D eigenvalue weighted by Gasteiger charge is 2.40. The van der Waals surface area contributed by atoms with E-state index in [9.17, 15) is 9.59 Å². The fourth-order valence-electron chi connectivity index (χ4n) is 4.24. The zero-order chi connectivity index (χ0) is 16.7. The normalized spacial score (nSPS) is 26.0. The van der Waals surface area contributed by atoms with Crippen molar-refractivity contribution < 1.29 is 9.59 Å². The van der Waals surface area contributed by atoms with E-state index >= 15 is 0 Å². The molecule has 0 unspecified atom stereocenters. The van der Waals surface area contributed by atoms with Crippen LogP contribution in [0.2, 0.25) is 0 Å². The van der Waals surface area contributed by atoms with Crippen LogP contribution in [0.4, 0.5) is 0 Å². The molecule has 0 spiro atoms. The summed E-state index contributed by atoms with van der Waals surface area (Å²) in [5.41, 5.74) is 0.736. The predicted molar refractivity (Wildman–Crippen MR) is 93.7 cm³/mol. The number of carbonyl (C=O) groups is 2. The second-order valence-electron chi connectivity index (χ2n) is 7.13. The molecule has 24 heavy (non-hydrogen) atoms. The number of hydrogen-bond donors (Lipinski definition) is 1. The molecule has 3 atom stereocenters. The second kappa shape index (κ2) is 5.93. The Labute approximate surface area is 141 Å². The summed E-state index contributed by atoms with van der Waals surface area (Å²) in [6.07, 6.45) is 2.54. The van der Waals surface area contributed by atoms with Gasteiger partial charge in [-0.15, -0.1) is 0 Å². The van der Waals surface area contributed by atoms with Crippen molar-refractivity contribution in [1.29, 1.82) is 0 Å². The van der Waals surface area contributed by atoms with Crippen LogP contribution >= 0.6 is 0 Å². The number of fused-ring (bicyclic) bond motifs is 2. The quantitative estimate of drug-likeness (QED) is 0.924. The van der Waals surface area contributed by atoms with Crippen molar-refractivity contribution in [3.63, 3.8) is 0 Å². The lowest BCUT2D eigenvalue weighted by atomic mass is 9.89. The summed E-state index contributed by atoms with van der Waals surface area (Å²) in [5, 5.41) is 5.19. The molecular formula is C20H22N2O2. The summed E-state index contributed by atoms with van der Waals surface area (Å²) in [4.78, 5) is 26.3. The molecular weight excluding hydrogens is 300 g/mol. The van der Waals surface area contributed by atoms with Crippen LogP contribution in [0.15, 0.2) is 42.5 Å². The molecule has 1 saturated carbocycles. The van der Waals surface area contributed by atoms with Crippen molar-refractivity contribution in [2.24, 2.45) is 11.8 Å². The highest BCUT2D eigenvalue weighted by atomic mass is 16.2. The molecule has 0 radical (unpaired) electrons. The van der Waals surface area contributed by atoms with Crippen LogP contribution in [0.25, 0.3) is 10.8 Å². The Morgan fingerprint density at radius 1 is 1.08 bits per heavy atom. The van der Waals surface area contributed by atoms with Crippen LogP contribution < -0.4 is 5.32 Å². The molecule has 0 bridgehead atoms. The number of benzene rings is 2. The standard InChI is InChI=1S/C20H22N2O2/c1-22(18-9-16-11-19(23)21-12-17(16)10-18)20(24)15-7-6-13-4-2-3-5-14(13)8-15/h2-8,16-18H,9-12H2,1H3,(H,21,23)/t16-,17+,18-/m1/s1. The number of hydrogen-bond acceptors (Lipinski definition) is 2. The molecule has 4 nitrogen and oxygen atoms in total. The van der Waals surface area contributed by atoms with Crippen LogP contribution in [-0.4, -0.2) is 36.3 Å². The first-order valence-electron chi connectivity index (χ1n) is 8.64. The van der Waals surface area contributed by atoms with Crippen LogP contribution in [0.1, 0.15) is 29.6 Å². The van der Waals surface area contributed by atoms with Crippen LogP contribution in [-0.2, 0) is 4.79 Å². The van der Waals surface area contributed by atoms with Gasteiger partial charge in [0.15, 0.2) is 0 Å². The van der Waals surface area contributed by atoms with E-state index in [-0.39, 0.29) is 17.9 Å².